The highest BCUT2D eigenvalue weighted by Crippen LogP contribution is 2.16. The van der Waals surface area contributed by atoms with Gasteiger partial charge in [-0.15, -0.1) is 0 Å². The Hall–Kier alpha value is -2.29. The van der Waals surface area contributed by atoms with Crippen molar-refractivity contribution in [3.05, 3.63) is 65.1 Å². The number of nitrogen functional groups attached to an aromatic ring is 1. The van der Waals surface area contributed by atoms with Crippen molar-refractivity contribution >= 4 is 11.3 Å². The average Bonchev–Trinajstić information content (AvgIpc) is 2.82. The van der Waals surface area contributed by atoms with Crippen LogP contribution in [0.15, 0.2) is 42.7 Å². The van der Waals surface area contributed by atoms with Crippen LogP contribution in [0, 0.1) is 6.92 Å². The largest absolute Gasteiger partial charge is 0.398 e. The van der Waals surface area contributed by atoms with Crippen LogP contribution in [0.3, 0.4) is 0 Å². The van der Waals surface area contributed by atoms with Crippen LogP contribution in [0.25, 0.3) is 5.65 Å². The number of rotatable bonds is 3. The molecule has 0 fully saturated rings. The van der Waals surface area contributed by atoms with Gasteiger partial charge in [0.2, 0.25) is 0 Å². The summed E-state index contributed by atoms with van der Waals surface area (Å²) >= 11 is 0. The second-order valence-corrected chi connectivity index (χ2v) is 5.27. The quantitative estimate of drug-likeness (QED) is 0.789. The highest BCUT2D eigenvalue weighted by atomic mass is 15.0. The van der Waals surface area contributed by atoms with Crippen LogP contribution in [0.5, 0.6) is 0 Å². The molecule has 0 aliphatic rings. The van der Waals surface area contributed by atoms with Crippen molar-refractivity contribution < 1.29 is 0 Å². The molecular formula is C17H19N3. The van der Waals surface area contributed by atoms with Gasteiger partial charge in [-0.2, -0.15) is 0 Å². The van der Waals surface area contributed by atoms with Gasteiger partial charge in [-0.3, -0.25) is 0 Å². The zero-order valence-electron chi connectivity index (χ0n) is 11.9. The molecule has 3 rings (SSSR count). The molecule has 0 aliphatic heterocycles. The van der Waals surface area contributed by atoms with Crippen LogP contribution in [0.2, 0.25) is 0 Å². The Balaban J connectivity index is 1.92. The minimum atomic E-state index is 0.770. The number of nitrogens with zero attached hydrogens (tertiary/aromatic N) is 2. The van der Waals surface area contributed by atoms with E-state index < -0.39 is 0 Å². The molecule has 3 aromatic rings. The van der Waals surface area contributed by atoms with Crippen molar-refractivity contribution in [2.45, 2.75) is 26.7 Å². The Bertz CT molecular complexity index is 739. The molecule has 1 aromatic carbocycles. The van der Waals surface area contributed by atoms with E-state index in [-0.39, 0.29) is 0 Å². The summed E-state index contributed by atoms with van der Waals surface area (Å²) in [5, 5.41) is 0. The molecule has 3 nitrogen and oxygen atoms in total. The van der Waals surface area contributed by atoms with E-state index in [0.717, 1.165) is 35.4 Å². The topological polar surface area (TPSA) is 43.3 Å². The van der Waals surface area contributed by atoms with Crippen LogP contribution >= 0.6 is 0 Å². The third-order valence-electron chi connectivity index (χ3n) is 3.62. The third-order valence-corrected chi connectivity index (χ3v) is 3.62. The Morgan fingerprint density at radius 1 is 1.10 bits per heavy atom. The molecule has 0 unspecified atom stereocenters. The molecule has 0 aliphatic carbocycles. The van der Waals surface area contributed by atoms with Gasteiger partial charge >= 0.3 is 0 Å². The molecule has 2 heterocycles. The highest BCUT2D eigenvalue weighted by molar-refractivity contribution is 5.55. The van der Waals surface area contributed by atoms with Crippen LogP contribution in [0.4, 0.5) is 5.69 Å². The SMILES string of the molecule is CCc1ccc(Cc2cn3cc(N)cc(C)c3n2)cc1. The fourth-order valence-corrected chi connectivity index (χ4v) is 2.53. The van der Waals surface area contributed by atoms with E-state index in [2.05, 4.69) is 37.4 Å². The monoisotopic (exact) mass is 265 g/mol. The lowest BCUT2D eigenvalue weighted by molar-refractivity contribution is 1.09. The van der Waals surface area contributed by atoms with Gasteiger partial charge in [-0.05, 0) is 36.1 Å². The van der Waals surface area contributed by atoms with Crippen molar-refractivity contribution in [3.8, 4) is 0 Å². The molecule has 3 heteroatoms. The van der Waals surface area contributed by atoms with Crippen molar-refractivity contribution in [1.82, 2.24) is 9.38 Å². The van der Waals surface area contributed by atoms with Crippen molar-refractivity contribution in [1.29, 1.82) is 0 Å². The minimum Gasteiger partial charge on any atom is -0.398 e. The van der Waals surface area contributed by atoms with Gasteiger partial charge in [0.15, 0.2) is 0 Å². The first-order valence-electron chi connectivity index (χ1n) is 6.97. The number of hydrogen-bond acceptors (Lipinski definition) is 2. The molecule has 102 valence electrons. The molecule has 0 spiro atoms. The van der Waals surface area contributed by atoms with Crippen LogP contribution < -0.4 is 5.73 Å². The Kier molecular flexibility index (Phi) is 3.18. The number of imidazole rings is 1. The van der Waals surface area contributed by atoms with Crippen LogP contribution in [-0.2, 0) is 12.8 Å². The zero-order valence-corrected chi connectivity index (χ0v) is 11.9. The minimum absolute atomic E-state index is 0.770. The van der Waals surface area contributed by atoms with Gasteiger partial charge in [0.25, 0.3) is 0 Å². The second-order valence-electron chi connectivity index (χ2n) is 5.27. The predicted octanol–water partition coefficient (Wildman–Crippen LogP) is 3.38. The summed E-state index contributed by atoms with van der Waals surface area (Å²) in [6.07, 6.45) is 5.91. The number of fused-ring (bicyclic) bond motifs is 1. The van der Waals surface area contributed by atoms with Gasteiger partial charge < -0.3 is 10.1 Å². The lowest BCUT2D eigenvalue weighted by atomic mass is 10.1. The van der Waals surface area contributed by atoms with Crippen LogP contribution in [0.1, 0.15) is 29.3 Å². The molecule has 2 aromatic heterocycles. The van der Waals surface area contributed by atoms with E-state index in [1.54, 1.807) is 0 Å². The fraction of sp³-hybridized carbons (Fsp3) is 0.235. The summed E-state index contributed by atoms with van der Waals surface area (Å²) < 4.78 is 2.01. The lowest BCUT2D eigenvalue weighted by Gasteiger charge is -2.00. The zero-order chi connectivity index (χ0) is 14.1. The van der Waals surface area contributed by atoms with E-state index in [1.807, 2.05) is 23.6 Å². The first-order chi connectivity index (χ1) is 9.65. The molecule has 0 atom stereocenters. The maximum atomic E-state index is 5.87. The summed E-state index contributed by atoms with van der Waals surface area (Å²) in [4.78, 5) is 4.70. The molecular weight excluding hydrogens is 246 g/mol. The van der Waals surface area contributed by atoms with Gasteiger partial charge in [-0.25, -0.2) is 4.98 Å². The van der Waals surface area contributed by atoms with Crippen molar-refractivity contribution in [2.75, 3.05) is 5.73 Å². The van der Waals surface area contributed by atoms with Crippen LogP contribution in [-0.4, -0.2) is 9.38 Å². The van der Waals surface area contributed by atoms with E-state index in [4.69, 9.17) is 10.7 Å². The van der Waals surface area contributed by atoms with E-state index in [0.29, 0.717) is 0 Å². The van der Waals surface area contributed by atoms with Gasteiger partial charge in [0.1, 0.15) is 5.65 Å². The summed E-state index contributed by atoms with van der Waals surface area (Å²) in [5.74, 6) is 0. The average molecular weight is 265 g/mol. The molecule has 0 bridgehead atoms. The lowest BCUT2D eigenvalue weighted by Crippen LogP contribution is -1.92. The first-order valence-corrected chi connectivity index (χ1v) is 6.97. The van der Waals surface area contributed by atoms with Crippen molar-refractivity contribution in [3.63, 3.8) is 0 Å². The van der Waals surface area contributed by atoms with Gasteiger partial charge in [0, 0.05) is 24.5 Å². The molecule has 0 radical (unpaired) electrons. The number of aryl methyl sites for hydroxylation is 2. The Morgan fingerprint density at radius 3 is 2.50 bits per heavy atom. The summed E-state index contributed by atoms with van der Waals surface area (Å²) in [6.45, 7) is 4.21. The Morgan fingerprint density at radius 2 is 1.80 bits per heavy atom. The number of aromatic nitrogens is 2. The maximum Gasteiger partial charge on any atom is 0.140 e. The molecule has 2 N–H and O–H groups in total. The smallest absolute Gasteiger partial charge is 0.140 e. The molecule has 0 saturated heterocycles. The molecule has 0 amide bonds. The summed E-state index contributed by atoms with van der Waals surface area (Å²) in [5.41, 5.74) is 12.5. The molecule has 20 heavy (non-hydrogen) atoms. The normalized spacial score (nSPS) is 11.1. The van der Waals surface area contributed by atoms with Gasteiger partial charge in [0.05, 0.1) is 5.69 Å². The number of hydrogen-bond donors (Lipinski definition) is 1. The maximum absolute atomic E-state index is 5.87. The van der Waals surface area contributed by atoms with Gasteiger partial charge in [-0.1, -0.05) is 31.2 Å². The Labute approximate surface area is 119 Å². The standard InChI is InChI=1S/C17H19N3/c1-3-13-4-6-14(7-5-13)9-16-11-20-10-15(18)8-12(2)17(20)19-16/h4-8,10-11H,3,9,18H2,1-2H3. The first kappa shape index (κ1) is 12.7. The van der Waals surface area contributed by atoms with E-state index >= 15 is 0 Å². The van der Waals surface area contributed by atoms with E-state index in [9.17, 15) is 0 Å². The van der Waals surface area contributed by atoms with E-state index in [1.165, 1.54) is 11.1 Å². The third kappa shape index (κ3) is 2.39. The highest BCUT2D eigenvalue weighted by Gasteiger charge is 2.06. The molecule has 0 saturated carbocycles. The number of nitrogens with two attached hydrogens (primary N) is 1. The second kappa shape index (κ2) is 5.00. The summed E-state index contributed by atoms with van der Waals surface area (Å²) in [7, 11) is 0. The van der Waals surface area contributed by atoms with Crippen molar-refractivity contribution in [2.24, 2.45) is 0 Å². The predicted molar refractivity (Wildman–Crippen MR) is 83.0 cm³/mol. The fourth-order valence-electron chi connectivity index (χ4n) is 2.53. The summed E-state index contributed by atoms with van der Waals surface area (Å²) in [6, 6.07) is 10.7. The number of benzene rings is 1. The number of pyridine rings is 1. The number of anilines is 1.